The lowest BCUT2D eigenvalue weighted by molar-refractivity contribution is -0.146. The Labute approximate surface area is 126 Å². The molecular weight excluding hydrogens is 296 g/mol. The van der Waals surface area contributed by atoms with E-state index in [9.17, 15) is 18.3 Å². The molecule has 2 aliphatic heterocycles. The third kappa shape index (κ3) is 3.08. The Morgan fingerprint density at radius 2 is 2.00 bits per heavy atom. The van der Waals surface area contributed by atoms with Crippen LogP contribution in [0, 0.1) is 5.92 Å². The summed E-state index contributed by atoms with van der Waals surface area (Å²) in [5.41, 5.74) is 0. The van der Waals surface area contributed by atoms with Crippen LogP contribution >= 0.6 is 0 Å². The first-order valence-corrected chi connectivity index (χ1v) is 8.89. The van der Waals surface area contributed by atoms with Crippen LogP contribution in [-0.2, 0) is 19.7 Å². The van der Waals surface area contributed by atoms with Crippen LogP contribution in [0.15, 0.2) is 0 Å². The molecule has 0 amide bonds. The first kappa shape index (κ1) is 16.7. The largest absolute Gasteiger partial charge is 0.465 e. The zero-order valence-electron chi connectivity index (χ0n) is 12.6. The van der Waals surface area contributed by atoms with Crippen molar-refractivity contribution in [1.29, 1.82) is 0 Å². The Morgan fingerprint density at radius 3 is 2.62 bits per heavy atom. The number of ether oxygens (including phenoxy) is 1. The van der Waals surface area contributed by atoms with Gasteiger partial charge in [0.1, 0.15) is 6.04 Å². The number of aliphatic hydroxyl groups is 1. The lowest BCUT2D eigenvalue weighted by Gasteiger charge is -2.31. The van der Waals surface area contributed by atoms with Crippen molar-refractivity contribution in [3.63, 3.8) is 0 Å². The predicted octanol–water partition coefficient (Wildman–Crippen LogP) is -0.0386. The van der Waals surface area contributed by atoms with Gasteiger partial charge >= 0.3 is 5.97 Å². The van der Waals surface area contributed by atoms with E-state index in [1.807, 2.05) is 6.92 Å². The van der Waals surface area contributed by atoms with Crippen molar-refractivity contribution in [3.8, 4) is 0 Å². The van der Waals surface area contributed by atoms with Gasteiger partial charge in [-0.15, -0.1) is 0 Å². The minimum atomic E-state index is -3.74. The Kier molecular flexibility index (Phi) is 5.24. The molecule has 0 aromatic rings. The Morgan fingerprint density at radius 1 is 1.29 bits per heavy atom. The van der Waals surface area contributed by atoms with Crippen LogP contribution in [0.2, 0.25) is 0 Å². The normalized spacial score (nSPS) is 31.7. The highest BCUT2D eigenvalue weighted by molar-refractivity contribution is 7.86. The average molecular weight is 320 g/mol. The molecule has 21 heavy (non-hydrogen) atoms. The van der Waals surface area contributed by atoms with E-state index in [1.54, 1.807) is 6.92 Å². The number of esters is 1. The SMILES string of the molecule is CCOC(=O)C1CCCN1S(=O)(=O)N1CCC(C)C1CO. The second-order valence-corrected chi connectivity index (χ2v) is 7.49. The summed E-state index contributed by atoms with van der Waals surface area (Å²) in [6, 6.07) is -1.14. The second kappa shape index (κ2) is 6.60. The summed E-state index contributed by atoms with van der Waals surface area (Å²) < 4.78 is 33.2. The fraction of sp³-hybridized carbons (Fsp3) is 0.923. The van der Waals surface area contributed by atoms with Crippen LogP contribution in [0.3, 0.4) is 0 Å². The van der Waals surface area contributed by atoms with Crippen LogP contribution in [-0.4, -0.2) is 66.5 Å². The van der Waals surface area contributed by atoms with E-state index in [1.165, 1.54) is 8.61 Å². The number of carbonyl (C=O) groups excluding carboxylic acids is 1. The van der Waals surface area contributed by atoms with Gasteiger partial charge in [-0.05, 0) is 32.1 Å². The van der Waals surface area contributed by atoms with Gasteiger partial charge in [-0.1, -0.05) is 6.92 Å². The summed E-state index contributed by atoms with van der Waals surface area (Å²) >= 11 is 0. The molecule has 0 radical (unpaired) electrons. The number of aliphatic hydroxyl groups excluding tert-OH is 1. The zero-order chi connectivity index (χ0) is 15.6. The van der Waals surface area contributed by atoms with Crippen LogP contribution in [0.25, 0.3) is 0 Å². The lowest BCUT2D eigenvalue weighted by atomic mass is 10.0. The first-order valence-electron chi connectivity index (χ1n) is 7.49. The molecule has 0 aromatic carbocycles. The van der Waals surface area contributed by atoms with Crippen LogP contribution in [0.4, 0.5) is 0 Å². The lowest BCUT2D eigenvalue weighted by Crippen LogP contribution is -2.51. The minimum absolute atomic E-state index is 0.119. The van der Waals surface area contributed by atoms with Crippen molar-refractivity contribution in [2.75, 3.05) is 26.3 Å². The Balaban J connectivity index is 2.20. The maximum absolute atomic E-state index is 12.8. The average Bonchev–Trinajstić information content (AvgIpc) is 3.05. The quantitative estimate of drug-likeness (QED) is 0.718. The highest BCUT2D eigenvalue weighted by atomic mass is 32.2. The number of hydrogen-bond acceptors (Lipinski definition) is 5. The monoisotopic (exact) mass is 320 g/mol. The van der Waals surface area contributed by atoms with Crippen LogP contribution < -0.4 is 0 Å². The van der Waals surface area contributed by atoms with Crippen molar-refractivity contribution in [2.45, 2.75) is 45.2 Å². The maximum atomic E-state index is 12.8. The topological polar surface area (TPSA) is 87.2 Å². The number of hydrogen-bond donors (Lipinski definition) is 1. The molecule has 0 spiro atoms. The van der Waals surface area contributed by atoms with Gasteiger partial charge in [-0.3, -0.25) is 4.79 Å². The molecule has 0 bridgehead atoms. The summed E-state index contributed by atoms with van der Waals surface area (Å²) in [6.45, 7) is 4.40. The summed E-state index contributed by atoms with van der Waals surface area (Å²) in [5, 5.41) is 9.46. The summed E-state index contributed by atoms with van der Waals surface area (Å²) in [5.74, 6) is -0.361. The molecule has 2 rings (SSSR count). The van der Waals surface area contributed by atoms with Gasteiger partial charge in [0.05, 0.1) is 19.3 Å². The van der Waals surface area contributed by atoms with Gasteiger partial charge in [0.2, 0.25) is 0 Å². The van der Waals surface area contributed by atoms with Gasteiger partial charge < -0.3 is 9.84 Å². The third-order valence-corrected chi connectivity index (χ3v) is 6.45. The van der Waals surface area contributed by atoms with Crippen molar-refractivity contribution < 1.29 is 23.1 Å². The molecule has 8 heteroatoms. The van der Waals surface area contributed by atoms with E-state index < -0.39 is 28.3 Å². The molecule has 0 aromatic heterocycles. The van der Waals surface area contributed by atoms with Gasteiger partial charge in [0, 0.05) is 13.1 Å². The molecule has 122 valence electrons. The zero-order valence-corrected chi connectivity index (χ0v) is 13.4. The standard InChI is InChI=1S/C13H24N2O5S/c1-3-20-13(17)11-5-4-7-14(11)21(18,19)15-8-6-10(2)12(15)9-16/h10-12,16H,3-9H2,1-2H3. The molecule has 2 fully saturated rings. The van der Waals surface area contributed by atoms with Gasteiger partial charge in [-0.2, -0.15) is 17.0 Å². The van der Waals surface area contributed by atoms with E-state index in [-0.39, 0.29) is 19.1 Å². The highest BCUT2D eigenvalue weighted by Crippen LogP contribution is 2.31. The summed E-state index contributed by atoms with van der Waals surface area (Å²) in [7, 11) is -3.74. The molecule has 2 heterocycles. The molecule has 0 saturated carbocycles. The third-order valence-electron chi connectivity index (χ3n) is 4.37. The number of rotatable bonds is 5. The van der Waals surface area contributed by atoms with E-state index in [4.69, 9.17) is 4.74 Å². The van der Waals surface area contributed by atoms with Crippen LogP contribution in [0.1, 0.15) is 33.1 Å². The number of carbonyl (C=O) groups is 1. The molecular formula is C13H24N2O5S. The molecule has 1 N–H and O–H groups in total. The van der Waals surface area contributed by atoms with Gasteiger partial charge in [0.25, 0.3) is 10.2 Å². The van der Waals surface area contributed by atoms with E-state index in [0.717, 1.165) is 6.42 Å². The fourth-order valence-electron chi connectivity index (χ4n) is 3.16. The van der Waals surface area contributed by atoms with Gasteiger partial charge in [0.15, 0.2) is 0 Å². The Bertz CT molecular complexity index is 481. The Hall–Kier alpha value is -0.700. The molecule has 3 unspecified atom stereocenters. The highest BCUT2D eigenvalue weighted by Gasteiger charge is 2.47. The van der Waals surface area contributed by atoms with E-state index in [2.05, 4.69) is 0 Å². The van der Waals surface area contributed by atoms with E-state index in [0.29, 0.717) is 25.9 Å². The van der Waals surface area contributed by atoms with Crippen molar-refractivity contribution in [1.82, 2.24) is 8.61 Å². The van der Waals surface area contributed by atoms with Crippen molar-refractivity contribution in [2.24, 2.45) is 5.92 Å². The summed E-state index contributed by atoms with van der Waals surface area (Å²) in [4.78, 5) is 11.9. The van der Waals surface area contributed by atoms with Crippen LogP contribution in [0.5, 0.6) is 0 Å². The molecule has 0 aliphatic carbocycles. The van der Waals surface area contributed by atoms with Gasteiger partial charge in [-0.25, -0.2) is 0 Å². The maximum Gasteiger partial charge on any atom is 0.324 e. The molecule has 3 atom stereocenters. The molecule has 2 saturated heterocycles. The number of nitrogens with zero attached hydrogens (tertiary/aromatic N) is 2. The predicted molar refractivity (Wildman–Crippen MR) is 76.6 cm³/mol. The van der Waals surface area contributed by atoms with Crippen molar-refractivity contribution in [3.05, 3.63) is 0 Å². The molecule has 7 nitrogen and oxygen atoms in total. The first-order chi connectivity index (χ1) is 9.93. The smallest absolute Gasteiger partial charge is 0.324 e. The minimum Gasteiger partial charge on any atom is -0.465 e. The summed E-state index contributed by atoms with van der Waals surface area (Å²) in [6.07, 6.45) is 1.86. The molecule has 2 aliphatic rings. The fourth-order valence-corrected chi connectivity index (χ4v) is 5.25. The van der Waals surface area contributed by atoms with E-state index >= 15 is 0 Å². The second-order valence-electron chi connectivity index (χ2n) is 5.66. The van der Waals surface area contributed by atoms with Crippen molar-refractivity contribution >= 4 is 16.2 Å².